The van der Waals surface area contributed by atoms with Crippen molar-refractivity contribution in [1.82, 2.24) is 25.0 Å². The zero-order valence-corrected chi connectivity index (χ0v) is 9.18. The molecular formula is C9H13N7. The molecule has 84 valence electrons. The zero-order valence-electron chi connectivity index (χ0n) is 9.18. The number of hydrogen-bond donors (Lipinski definition) is 2. The molecule has 0 saturated carbocycles. The topological polar surface area (TPSA) is 93.5 Å². The second kappa shape index (κ2) is 4.13. The number of nitrogens with zero attached hydrogens (tertiary/aromatic N) is 5. The maximum Gasteiger partial charge on any atom is 0.182 e. The van der Waals surface area contributed by atoms with Crippen LogP contribution in [0.2, 0.25) is 0 Å². The lowest BCUT2D eigenvalue weighted by atomic mass is 10.3. The Morgan fingerprint density at radius 2 is 2.44 bits per heavy atom. The molecule has 3 N–H and O–H groups in total. The van der Waals surface area contributed by atoms with Gasteiger partial charge in [-0.15, -0.1) is 10.2 Å². The van der Waals surface area contributed by atoms with Gasteiger partial charge < -0.3 is 11.2 Å². The molecule has 0 bridgehead atoms. The molecule has 0 spiro atoms. The van der Waals surface area contributed by atoms with Crippen LogP contribution >= 0.6 is 0 Å². The average Bonchev–Trinajstić information content (AvgIpc) is 2.75. The normalized spacial score (nSPS) is 12.0. The maximum absolute atomic E-state index is 5.76. The Kier molecular flexibility index (Phi) is 2.67. The highest BCUT2D eigenvalue weighted by molar-refractivity contribution is 5.95. The zero-order chi connectivity index (χ0) is 11.5. The first-order chi connectivity index (χ1) is 7.76. The minimum absolute atomic E-state index is 0.341. The van der Waals surface area contributed by atoms with Crippen molar-refractivity contribution in [1.29, 1.82) is 0 Å². The van der Waals surface area contributed by atoms with E-state index in [-0.39, 0.29) is 0 Å². The molecule has 2 heterocycles. The van der Waals surface area contributed by atoms with Crippen LogP contribution in [0.4, 0.5) is 0 Å². The number of hydrazone groups is 1. The van der Waals surface area contributed by atoms with Gasteiger partial charge >= 0.3 is 0 Å². The van der Waals surface area contributed by atoms with Gasteiger partial charge in [-0.05, 0) is 6.42 Å². The monoisotopic (exact) mass is 219 g/mol. The van der Waals surface area contributed by atoms with Crippen molar-refractivity contribution in [2.24, 2.45) is 10.8 Å². The highest BCUT2D eigenvalue weighted by Crippen LogP contribution is 2.07. The molecule has 0 unspecified atom stereocenters. The fourth-order valence-electron chi connectivity index (χ4n) is 1.44. The third kappa shape index (κ3) is 1.67. The third-order valence-electron chi connectivity index (χ3n) is 2.18. The second-order valence-corrected chi connectivity index (χ2v) is 3.21. The number of fused-ring (bicyclic) bond motifs is 1. The van der Waals surface area contributed by atoms with Crippen molar-refractivity contribution in [2.45, 2.75) is 13.3 Å². The van der Waals surface area contributed by atoms with Crippen LogP contribution < -0.4 is 11.2 Å². The van der Waals surface area contributed by atoms with E-state index in [0.717, 1.165) is 17.8 Å². The molecule has 0 atom stereocenters. The lowest BCUT2D eigenvalue weighted by Crippen LogP contribution is -2.20. The van der Waals surface area contributed by atoms with E-state index < -0.39 is 0 Å². The fourth-order valence-corrected chi connectivity index (χ4v) is 1.44. The largest absolute Gasteiger partial charge is 0.380 e. The summed E-state index contributed by atoms with van der Waals surface area (Å²) < 4.78 is 1.79. The molecule has 0 aliphatic carbocycles. The molecule has 0 aromatic carbocycles. The van der Waals surface area contributed by atoms with E-state index in [4.69, 9.17) is 5.73 Å². The Bertz CT molecular complexity index is 528. The molecule has 16 heavy (non-hydrogen) atoms. The van der Waals surface area contributed by atoms with Crippen LogP contribution in [0.25, 0.3) is 5.65 Å². The van der Waals surface area contributed by atoms with E-state index in [2.05, 4.69) is 25.7 Å². The maximum atomic E-state index is 5.76. The molecule has 0 aliphatic rings. The molecule has 2 aromatic heterocycles. The van der Waals surface area contributed by atoms with Gasteiger partial charge in [-0.3, -0.25) is 4.40 Å². The molecule has 7 heteroatoms. The Hall–Kier alpha value is -2.18. The number of hydrogen-bond acceptors (Lipinski definition) is 5. The van der Waals surface area contributed by atoms with E-state index in [9.17, 15) is 0 Å². The highest BCUT2D eigenvalue weighted by atomic mass is 15.3. The van der Waals surface area contributed by atoms with Crippen molar-refractivity contribution in [3.8, 4) is 0 Å². The van der Waals surface area contributed by atoms with Crippen molar-refractivity contribution in [3.05, 3.63) is 23.9 Å². The summed E-state index contributed by atoms with van der Waals surface area (Å²) in [6, 6.07) is 0. The van der Waals surface area contributed by atoms with Gasteiger partial charge in [0.1, 0.15) is 12.0 Å². The minimum atomic E-state index is 0.341. The van der Waals surface area contributed by atoms with Gasteiger partial charge in [0.25, 0.3) is 0 Å². The van der Waals surface area contributed by atoms with E-state index in [0.29, 0.717) is 11.5 Å². The summed E-state index contributed by atoms with van der Waals surface area (Å²) in [4.78, 5) is 4.39. The van der Waals surface area contributed by atoms with E-state index in [1.807, 2.05) is 6.92 Å². The highest BCUT2D eigenvalue weighted by Gasteiger charge is 2.08. The fraction of sp³-hybridized carbons (Fsp3) is 0.333. The molecule has 0 fully saturated rings. The summed E-state index contributed by atoms with van der Waals surface area (Å²) in [5, 5.41) is 11.7. The first kappa shape index (κ1) is 10.3. The van der Waals surface area contributed by atoms with E-state index >= 15 is 0 Å². The Balaban J connectivity index is 2.59. The van der Waals surface area contributed by atoms with Gasteiger partial charge in [-0.2, -0.15) is 5.10 Å². The predicted molar refractivity (Wildman–Crippen MR) is 59.9 cm³/mol. The van der Waals surface area contributed by atoms with Crippen LogP contribution in [0.5, 0.6) is 0 Å². The molecule has 2 rings (SSSR count). The summed E-state index contributed by atoms with van der Waals surface area (Å²) in [6.45, 7) is 2.01. The quantitative estimate of drug-likeness (QED) is 0.413. The Labute approximate surface area is 92.4 Å². The van der Waals surface area contributed by atoms with Crippen LogP contribution in [-0.2, 0) is 6.42 Å². The predicted octanol–water partition coefficient (Wildman–Crippen LogP) is -0.474. The third-order valence-corrected chi connectivity index (χ3v) is 2.18. The number of amidine groups is 1. The van der Waals surface area contributed by atoms with Crippen molar-refractivity contribution in [3.63, 3.8) is 0 Å². The van der Waals surface area contributed by atoms with Crippen LogP contribution in [0.3, 0.4) is 0 Å². The van der Waals surface area contributed by atoms with E-state index in [1.54, 1.807) is 24.0 Å². The van der Waals surface area contributed by atoms with Crippen LogP contribution in [0.15, 0.2) is 17.6 Å². The summed E-state index contributed by atoms with van der Waals surface area (Å²) in [5.74, 6) is 0.341. The molecule has 0 saturated heterocycles. The minimum Gasteiger partial charge on any atom is -0.380 e. The van der Waals surface area contributed by atoms with E-state index in [1.165, 1.54) is 0 Å². The Morgan fingerprint density at radius 1 is 1.62 bits per heavy atom. The first-order valence-corrected chi connectivity index (χ1v) is 4.95. The van der Waals surface area contributed by atoms with Crippen LogP contribution in [0.1, 0.15) is 18.3 Å². The molecule has 0 radical (unpaired) electrons. The van der Waals surface area contributed by atoms with Crippen LogP contribution in [-0.4, -0.2) is 32.5 Å². The summed E-state index contributed by atoms with van der Waals surface area (Å²) >= 11 is 0. The van der Waals surface area contributed by atoms with Crippen molar-refractivity contribution >= 4 is 11.5 Å². The number of aryl methyl sites for hydroxylation is 1. The molecule has 0 aliphatic heterocycles. The number of rotatable bonds is 3. The van der Waals surface area contributed by atoms with Gasteiger partial charge in [0.15, 0.2) is 11.5 Å². The lowest BCUT2D eigenvalue weighted by Gasteiger charge is -2.04. The number of nitrogens with one attached hydrogen (secondary N) is 1. The summed E-state index contributed by atoms with van der Waals surface area (Å²) in [5.41, 5.74) is 10.6. The SMILES string of the molecule is CCc1nc(C(N)=NNC)cn2cnnc12. The van der Waals surface area contributed by atoms with Crippen molar-refractivity contribution in [2.75, 3.05) is 7.05 Å². The second-order valence-electron chi connectivity index (χ2n) is 3.21. The number of nitrogens with two attached hydrogens (primary N) is 1. The van der Waals surface area contributed by atoms with Gasteiger partial charge in [0.2, 0.25) is 0 Å². The molecular weight excluding hydrogens is 206 g/mol. The van der Waals surface area contributed by atoms with Gasteiger partial charge in [0.05, 0.1) is 5.69 Å². The average molecular weight is 219 g/mol. The number of aromatic nitrogens is 4. The van der Waals surface area contributed by atoms with Crippen molar-refractivity contribution < 1.29 is 0 Å². The lowest BCUT2D eigenvalue weighted by molar-refractivity contribution is 0.891. The molecule has 7 nitrogen and oxygen atoms in total. The van der Waals surface area contributed by atoms with Gasteiger partial charge in [-0.25, -0.2) is 4.98 Å². The molecule has 0 amide bonds. The summed E-state index contributed by atoms with van der Waals surface area (Å²) in [7, 11) is 1.69. The Morgan fingerprint density at radius 3 is 3.12 bits per heavy atom. The molecule has 2 aromatic rings. The van der Waals surface area contributed by atoms with Gasteiger partial charge in [0, 0.05) is 13.2 Å². The first-order valence-electron chi connectivity index (χ1n) is 4.95. The smallest absolute Gasteiger partial charge is 0.182 e. The standard InChI is InChI=1S/C9H13N7/c1-3-6-9-15-12-5-16(9)4-7(13-6)8(10)14-11-2/h4-5,11H,3H2,1-2H3,(H2,10,14). The summed E-state index contributed by atoms with van der Waals surface area (Å²) in [6.07, 6.45) is 4.14. The van der Waals surface area contributed by atoms with Gasteiger partial charge in [-0.1, -0.05) is 6.92 Å². The van der Waals surface area contributed by atoms with Crippen LogP contribution in [0, 0.1) is 0 Å².